The highest BCUT2D eigenvalue weighted by Crippen LogP contribution is 2.27. The molecule has 3 nitrogen and oxygen atoms in total. The lowest BCUT2D eigenvalue weighted by Crippen LogP contribution is -2.25. The fourth-order valence-electron chi connectivity index (χ4n) is 0.978. The third kappa shape index (κ3) is 3.24. The molecule has 0 aliphatic heterocycles. The van der Waals surface area contributed by atoms with Crippen LogP contribution in [0.5, 0.6) is 0 Å². The third-order valence-electron chi connectivity index (χ3n) is 1.60. The van der Waals surface area contributed by atoms with Crippen LogP contribution < -0.4 is 5.32 Å². The quantitative estimate of drug-likeness (QED) is 0.871. The minimum Gasteiger partial charge on any atom is -0.468 e. The summed E-state index contributed by atoms with van der Waals surface area (Å²) in [5, 5.41) is 2.90. The van der Waals surface area contributed by atoms with Gasteiger partial charge in [0.2, 0.25) is 0 Å². The van der Waals surface area contributed by atoms with Gasteiger partial charge in [-0.1, -0.05) is 0 Å². The van der Waals surface area contributed by atoms with E-state index < -0.39 is 0 Å². The molecule has 14 heavy (non-hydrogen) atoms. The zero-order chi connectivity index (χ0) is 9.84. The molecule has 0 fully saturated rings. The van der Waals surface area contributed by atoms with Crippen LogP contribution in [-0.2, 0) is 9.53 Å². The smallest absolute Gasteiger partial charge is 0.328 e. The summed E-state index contributed by atoms with van der Waals surface area (Å²) in [6.07, 6.45) is 0. The monoisotopic (exact) mass is 299 g/mol. The van der Waals surface area contributed by atoms with E-state index in [2.05, 4.69) is 26.0 Å². The van der Waals surface area contributed by atoms with Gasteiger partial charge in [0.1, 0.15) is 6.04 Å². The number of halogens is 2. The van der Waals surface area contributed by atoms with Gasteiger partial charge < -0.3 is 10.1 Å². The maximum absolute atomic E-state index is 11.3. The van der Waals surface area contributed by atoms with Crippen LogP contribution >= 0.6 is 39.7 Å². The van der Waals surface area contributed by atoms with Crippen LogP contribution in [0.25, 0.3) is 0 Å². The highest BCUT2D eigenvalue weighted by Gasteiger charge is 2.20. The Morgan fingerprint density at radius 2 is 2.29 bits per heavy atom. The topological polar surface area (TPSA) is 38.3 Å². The second kappa shape index (κ2) is 6.40. The van der Waals surface area contributed by atoms with E-state index in [1.807, 2.05) is 12.1 Å². The van der Waals surface area contributed by atoms with Gasteiger partial charge in [-0.25, -0.2) is 4.79 Å². The Labute approximate surface area is 101 Å². The van der Waals surface area contributed by atoms with Gasteiger partial charge in [-0.15, -0.1) is 23.7 Å². The molecule has 80 valence electrons. The maximum atomic E-state index is 11.3. The molecule has 6 heteroatoms. The van der Waals surface area contributed by atoms with Gasteiger partial charge in [0, 0.05) is 4.88 Å². The van der Waals surface area contributed by atoms with E-state index in [1.165, 1.54) is 18.4 Å². The second-order valence-corrected chi connectivity index (χ2v) is 4.88. The lowest BCUT2D eigenvalue weighted by atomic mass is 10.2. The fourth-order valence-corrected chi connectivity index (χ4v) is 2.50. The van der Waals surface area contributed by atoms with E-state index >= 15 is 0 Å². The van der Waals surface area contributed by atoms with E-state index in [0.717, 1.165) is 8.66 Å². The number of carbonyl (C=O) groups is 1. The van der Waals surface area contributed by atoms with E-state index in [9.17, 15) is 4.79 Å². The summed E-state index contributed by atoms with van der Waals surface area (Å²) in [5.74, 6) is -0.267. The summed E-state index contributed by atoms with van der Waals surface area (Å²) in [5.41, 5.74) is 0. The van der Waals surface area contributed by atoms with Gasteiger partial charge in [-0.3, -0.25) is 0 Å². The molecule has 0 saturated heterocycles. The van der Waals surface area contributed by atoms with Crippen LogP contribution in [0, 0.1) is 0 Å². The first-order chi connectivity index (χ1) is 6.19. The predicted octanol–water partition coefficient (Wildman–Crippen LogP) is 2.37. The zero-order valence-electron chi connectivity index (χ0n) is 7.74. The van der Waals surface area contributed by atoms with Crippen molar-refractivity contribution in [3.8, 4) is 0 Å². The molecule has 0 spiro atoms. The molecule has 0 aliphatic carbocycles. The van der Waals surface area contributed by atoms with E-state index in [0.29, 0.717) is 0 Å². The predicted molar refractivity (Wildman–Crippen MR) is 63.1 cm³/mol. The molecule has 1 heterocycles. The Hall–Kier alpha value is -0.100. The lowest BCUT2D eigenvalue weighted by Gasteiger charge is -2.10. The number of rotatable bonds is 3. The van der Waals surface area contributed by atoms with Crippen molar-refractivity contribution < 1.29 is 9.53 Å². The van der Waals surface area contributed by atoms with Crippen molar-refractivity contribution in [2.24, 2.45) is 0 Å². The van der Waals surface area contributed by atoms with Crippen LogP contribution in [0.15, 0.2) is 15.9 Å². The molecule has 1 aromatic heterocycles. The zero-order valence-corrected chi connectivity index (χ0v) is 11.0. The minimum absolute atomic E-state index is 0. The van der Waals surface area contributed by atoms with E-state index in [4.69, 9.17) is 0 Å². The highest BCUT2D eigenvalue weighted by molar-refractivity contribution is 9.11. The number of carbonyl (C=O) groups excluding carboxylic acids is 1. The Kier molecular flexibility index (Phi) is 6.35. The summed E-state index contributed by atoms with van der Waals surface area (Å²) in [6, 6.07) is 3.45. The van der Waals surface area contributed by atoms with E-state index in [-0.39, 0.29) is 24.4 Å². The molecular formula is C8H11BrClNO2S. The number of ether oxygens (including phenoxy) is 1. The van der Waals surface area contributed by atoms with Crippen molar-refractivity contribution in [3.05, 3.63) is 20.8 Å². The SMILES string of the molecule is CNC(C(=O)OC)c1ccc(Br)s1.Cl. The number of methoxy groups -OCH3 is 1. The van der Waals surface area contributed by atoms with Crippen molar-refractivity contribution in [3.63, 3.8) is 0 Å². The van der Waals surface area contributed by atoms with Crippen molar-refractivity contribution in [1.29, 1.82) is 0 Å². The number of thiophene rings is 1. The summed E-state index contributed by atoms with van der Waals surface area (Å²) in [4.78, 5) is 12.2. The first-order valence-electron chi connectivity index (χ1n) is 3.69. The van der Waals surface area contributed by atoms with Crippen LogP contribution in [0.3, 0.4) is 0 Å². The molecule has 1 N–H and O–H groups in total. The van der Waals surface area contributed by atoms with Crippen molar-refractivity contribution in [2.45, 2.75) is 6.04 Å². The third-order valence-corrected chi connectivity index (χ3v) is 3.29. The lowest BCUT2D eigenvalue weighted by molar-refractivity contribution is -0.143. The fraction of sp³-hybridized carbons (Fsp3) is 0.375. The number of nitrogens with one attached hydrogen (secondary N) is 1. The molecule has 0 radical (unpaired) electrons. The standard InChI is InChI=1S/C8H10BrNO2S.ClH/c1-10-7(8(11)12-2)5-3-4-6(9)13-5;/h3-4,7,10H,1-2H3;1H. The van der Waals surface area contributed by atoms with Crippen molar-refractivity contribution in [2.75, 3.05) is 14.2 Å². The average molecular weight is 301 g/mol. The molecule has 1 rings (SSSR count). The van der Waals surface area contributed by atoms with Gasteiger partial charge in [0.25, 0.3) is 0 Å². The molecule has 0 amide bonds. The molecular weight excluding hydrogens is 290 g/mol. The van der Waals surface area contributed by atoms with Crippen LogP contribution in [0.2, 0.25) is 0 Å². The second-order valence-electron chi connectivity index (χ2n) is 2.39. The summed E-state index contributed by atoms with van der Waals surface area (Å²) >= 11 is 4.86. The van der Waals surface area contributed by atoms with Crippen LogP contribution in [-0.4, -0.2) is 20.1 Å². The molecule has 1 atom stereocenters. The van der Waals surface area contributed by atoms with Gasteiger partial charge >= 0.3 is 5.97 Å². The number of esters is 1. The van der Waals surface area contributed by atoms with E-state index in [1.54, 1.807) is 7.05 Å². The molecule has 0 aromatic carbocycles. The van der Waals surface area contributed by atoms with Gasteiger partial charge in [-0.05, 0) is 35.1 Å². The average Bonchev–Trinajstić information content (AvgIpc) is 2.53. The van der Waals surface area contributed by atoms with Crippen LogP contribution in [0.4, 0.5) is 0 Å². The van der Waals surface area contributed by atoms with Crippen LogP contribution in [0.1, 0.15) is 10.9 Å². The largest absolute Gasteiger partial charge is 0.468 e. The summed E-state index contributed by atoms with van der Waals surface area (Å²) < 4.78 is 5.66. The molecule has 1 aromatic rings. The Balaban J connectivity index is 0.00000169. The first kappa shape index (κ1) is 13.9. The van der Waals surface area contributed by atoms with Gasteiger partial charge in [0.05, 0.1) is 10.9 Å². The Morgan fingerprint density at radius 1 is 1.64 bits per heavy atom. The summed E-state index contributed by atoms with van der Waals surface area (Å²) in [7, 11) is 3.12. The van der Waals surface area contributed by atoms with Crippen molar-refractivity contribution in [1.82, 2.24) is 5.32 Å². The van der Waals surface area contributed by atoms with Crippen molar-refractivity contribution >= 4 is 45.6 Å². The Morgan fingerprint density at radius 3 is 2.64 bits per heavy atom. The molecule has 0 aliphatic rings. The number of hydrogen-bond acceptors (Lipinski definition) is 4. The highest BCUT2D eigenvalue weighted by atomic mass is 79.9. The normalized spacial score (nSPS) is 11.6. The van der Waals surface area contributed by atoms with Gasteiger partial charge in [-0.2, -0.15) is 0 Å². The molecule has 0 bridgehead atoms. The number of likely N-dealkylation sites (N-methyl/N-ethyl adjacent to an activating group) is 1. The molecule has 0 saturated carbocycles. The maximum Gasteiger partial charge on any atom is 0.328 e. The first-order valence-corrected chi connectivity index (χ1v) is 5.30. The number of hydrogen-bond donors (Lipinski definition) is 1. The van der Waals surface area contributed by atoms with Gasteiger partial charge in [0.15, 0.2) is 0 Å². The summed E-state index contributed by atoms with van der Waals surface area (Å²) in [6.45, 7) is 0. The minimum atomic E-state index is -0.360. The molecule has 1 unspecified atom stereocenters. The Bertz CT molecular complexity index is 305.